The Hall–Kier alpha value is -0.120. The van der Waals surface area contributed by atoms with Crippen molar-refractivity contribution >= 4 is 0 Å². The predicted molar refractivity (Wildman–Crippen MR) is 29.3 cm³/mol. The van der Waals surface area contributed by atoms with E-state index >= 15 is 0 Å². The molecule has 0 radical (unpaired) electrons. The van der Waals surface area contributed by atoms with E-state index in [1.807, 2.05) is 6.92 Å². The fourth-order valence-electron chi connectivity index (χ4n) is 0.230. The molecule has 0 aliphatic carbocycles. The van der Waals surface area contributed by atoms with Gasteiger partial charge in [-0.1, -0.05) is 0 Å². The van der Waals surface area contributed by atoms with Crippen molar-refractivity contribution in [2.24, 2.45) is 0 Å². The third-order valence-corrected chi connectivity index (χ3v) is 0.510. The topological polar surface area (TPSA) is 38.7 Å². The molecule has 0 aromatic rings. The second kappa shape index (κ2) is 5.03. The Morgan fingerprint density at radius 1 is 1.50 bits per heavy atom. The largest absolute Gasteiger partial charge is 0.391 e. The summed E-state index contributed by atoms with van der Waals surface area (Å²) in [6.45, 7) is 4.22. The summed E-state index contributed by atoms with van der Waals surface area (Å²) in [6.07, 6.45) is -0.443. The molecule has 0 saturated heterocycles. The molecule has 1 unspecified atom stereocenters. The summed E-state index contributed by atoms with van der Waals surface area (Å²) in [5.41, 5.74) is 0. The van der Waals surface area contributed by atoms with Gasteiger partial charge in [0, 0.05) is 0 Å². The highest BCUT2D eigenvalue weighted by Crippen LogP contribution is 1.82. The molecule has 0 aromatic carbocycles. The van der Waals surface area contributed by atoms with Gasteiger partial charge in [-0.2, -0.15) is 0 Å². The van der Waals surface area contributed by atoms with E-state index in [4.69, 9.17) is 5.11 Å². The van der Waals surface area contributed by atoms with Crippen LogP contribution >= 0.6 is 0 Å². The summed E-state index contributed by atoms with van der Waals surface area (Å²) < 4.78 is 0. The highest BCUT2D eigenvalue weighted by molar-refractivity contribution is 4.36. The van der Waals surface area contributed by atoms with Crippen LogP contribution in [0.3, 0.4) is 0 Å². The van der Waals surface area contributed by atoms with Crippen LogP contribution in [0.15, 0.2) is 0 Å². The van der Waals surface area contributed by atoms with Crippen molar-refractivity contribution in [2.45, 2.75) is 20.0 Å². The SMILES string of the molecule is CCOOCC(C)O. The zero-order chi connectivity index (χ0) is 6.41. The second-order valence-electron chi connectivity index (χ2n) is 1.54. The maximum Gasteiger partial charge on any atom is 0.108 e. The zero-order valence-corrected chi connectivity index (χ0v) is 5.26. The molecule has 0 rings (SSSR count). The molecule has 3 nitrogen and oxygen atoms in total. The minimum atomic E-state index is -0.443. The van der Waals surface area contributed by atoms with Gasteiger partial charge in [-0.15, -0.1) is 0 Å². The molecule has 0 aliphatic heterocycles. The van der Waals surface area contributed by atoms with Crippen LogP contribution < -0.4 is 0 Å². The third kappa shape index (κ3) is 5.88. The smallest absolute Gasteiger partial charge is 0.108 e. The lowest BCUT2D eigenvalue weighted by Gasteiger charge is -2.01. The zero-order valence-electron chi connectivity index (χ0n) is 5.26. The third-order valence-electron chi connectivity index (χ3n) is 0.510. The fraction of sp³-hybridized carbons (Fsp3) is 1.00. The number of hydrogen-bond acceptors (Lipinski definition) is 3. The summed E-state index contributed by atoms with van der Waals surface area (Å²) in [7, 11) is 0. The standard InChI is InChI=1S/C5H12O3/c1-3-7-8-4-5(2)6/h5-6H,3-4H2,1-2H3. The van der Waals surface area contributed by atoms with Gasteiger partial charge in [0.2, 0.25) is 0 Å². The summed E-state index contributed by atoms with van der Waals surface area (Å²) in [6, 6.07) is 0. The maximum atomic E-state index is 8.57. The first-order chi connectivity index (χ1) is 3.77. The van der Waals surface area contributed by atoms with Gasteiger partial charge >= 0.3 is 0 Å². The van der Waals surface area contributed by atoms with Gasteiger partial charge in [0.1, 0.15) is 6.61 Å². The van der Waals surface area contributed by atoms with Gasteiger partial charge in [-0.25, -0.2) is 9.78 Å². The molecule has 0 saturated carbocycles. The monoisotopic (exact) mass is 120 g/mol. The quantitative estimate of drug-likeness (QED) is 0.330. The lowest BCUT2D eigenvalue weighted by atomic mass is 10.5. The highest BCUT2D eigenvalue weighted by atomic mass is 17.2. The summed E-state index contributed by atoms with van der Waals surface area (Å²) in [5, 5.41) is 8.57. The average Bonchev–Trinajstić information content (AvgIpc) is 1.66. The molecule has 0 spiro atoms. The molecule has 0 bridgehead atoms. The van der Waals surface area contributed by atoms with Crippen molar-refractivity contribution in [3.8, 4) is 0 Å². The van der Waals surface area contributed by atoms with Gasteiger partial charge in [0.25, 0.3) is 0 Å². The fourth-order valence-corrected chi connectivity index (χ4v) is 0.230. The lowest BCUT2D eigenvalue weighted by Crippen LogP contribution is -2.10. The molecule has 8 heavy (non-hydrogen) atoms. The van der Waals surface area contributed by atoms with Gasteiger partial charge in [0.15, 0.2) is 0 Å². The van der Waals surface area contributed by atoms with E-state index in [9.17, 15) is 0 Å². The van der Waals surface area contributed by atoms with Crippen LogP contribution in [0.2, 0.25) is 0 Å². The molecule has 0 amide bonds. The van der Waals surface area contributed by atoms with Crippen molar-refractivity contribution < 1.29 is 14.9 Å². The first-order valence-electron chi connectivity index (χ1n) is 2.69. The summed E-state index contributed by atoms with van der Waals surface area (Å²) >= 11 is 0. The predicted octanol–water partition coefficient (Wildman–Crippen LogP) is 0.335. The van der Waals surface area contributed by atoms with Gasteiger partial charge in [0.05, 0.1) is 12.7 Å². The molecule has 0 fully saturated rings. The van der Waals surface area contributed by atoms with Crippen molar-refractivity contribution in [1.29, 1.82) is 0 Å². The average molecular weight is 120 g/mol. The highest BCUT2D eigenvalue weighted by Gasteiger charge is 1.92. The van der Waals surface area contributed by atoms with Crippen LogP contribution in [0.25, 0.3) is 0 Å². The molecular formula is C5H12O3. The Labute approximate surface area is 49.1 Å². The molecule has 0 aliphatic rings. The van der Waals surface area contributed by atoms with Crippen LogP contribution in [0.1, 0.15) is 13.8 Å². The van der Waals surface area contributed by atoms with Crippen LogP contribution in [0.5, 0.6) is 0 Å². The van der Waals surface area contributed by atoms with Gasteiger partial charge in [-0.3, -0.25) is 0 Å². The van der Waals surface area contributed by atoms with E-state index in [-0.39, 0.29) is 6.61 Å². The molecular weight excluding hydrogens is 108 g/mol. The second-order valence-corrected chi connectivity index (χ2v) is 1.54. The molecule has 0 aromatic heterocycles. The van der Waals surface area contributed by atoms with Crippen LogP contribution in [-0.4, -0.2) is 24.4 Å². The molecule has 0 heterocycles. The van der Waals surface area contributed by atoms with E-state index in [0.717, 1.165) is 0 Å². The lowest BCUT2D eigenvalue weighted by molar-refractivity contribution is -0.300. The Morgan fingerprint density at radius 3 is 2.50 bits per heavy atom. The van der Waals surface area contributed by atoms with Crippen LogP contribution in [0.4, 0.5) is 0 Å². The van der Waals surface area contributed by atoms with Crippen molar-refractivity contribution in [1.82, 2.24) is 0 Å². The maximum absolute atomic E-state index is 8.57. The molecule has 1 N–H and O–H groups in total. The molecule has 50 valence electrons. The minimum absolute atomic E-state index is 0.244. The van der Waals surface area contributed by atoms with E-state index in [1.54, 1.807) is 6.92 Å². The van der Waals surface area contributed by atoms with Crippen LogP contribution in [0, 0.1) is 0 Å². The van der Waals surface area contributed by atoms with E-state index in [0.29, 0.717) is 6.61 Å². The minimum Gasteiger partial charge on any atom is -0.391 e. The number of aliphatic hydroxyl groups excluding tert-OH is 1. The molecule has 1 atom stereocenters. The molecule has 3 heteroatoms. The summed E-state index contributed by atoms with van der Waals surface area (Å²) in [5.74, 6) is 0. The van der Waals surface area contributed by atoms with Crippen molar-refractivity contribution in [2.75, 3.05) is 13.2 Å². The van der Waals surface area contributed by atoms with E-state index < -0.39 is 6.10 Å². The van der Waals surface area contributed by atoms with E-state index in [2.05, 4.69) is 9.78 Å². The Morgan fingerprint density at radius 2 is 2.12 bits per heavy atom. The normalized spacial score (nSPS) is 13.9. The van der Waals surface area contributed by atoms with Gasteiger partial charge < -0.3 is 5.11 Å². The van der Waals surface area contributed by atoms with Crippen molar-refractivity contribution in [3.63, 3.8) is 0 Å². The number of rotatable bonds is 4. The Bertz CT molecular complexity index is 44.9. The first-order valence-corrected chi connectivity index (χ1v) is 2.69. The number of hydrogen-bond donors (Lipinski definition) is 1. The van der Waals surface area contributed by atoms with Crippen LogP contribution in [-0.2, 0) is 9.78 Å². The Balaban J connectivity index is 2.72. The van der Waals surface area contributed by atoms with E-state index in [1.165, 1.54) is 0 Å². The Kier molecular flexibility index (Phi) is 4.95. The summed E-state index contributed by atoms with van der Waals surface area (Å²) in [4.78, 5) is 8.98. The number of aliphatic hydroxyl groups is 1. The van der Waals surface area contributed by atoms with Crippen molar-refractivity contribution in [3.05, 3.63) is 0 Å². The van der Waals surface area contributed by atoms with Gasteiger partial charge in [-0.05, 0) is 13.8 Å². The first kappa shape index (κ1) is 7.88.